The second-order valence-electron chi connectivity index (χ2n) is 7.64. The lowest BCUT2D eigenvalue weighted by Crippen LogP contribution is -2.48. The van der Waals surface area contributed by atoms with Gasteiger partial charge in [0.05, 0.1) is 18.3 Å². The van der Waals surface area contributed by atoms with Gasteiger partial charge in [-0.05, 0) is 43.5 Å². The normalized spacial score (nSPS) is 21.2. The summed E-state index contributed by atoms with van der Waals surface area (Å²) in [5, 5.41) is 10.4. The first-order valence-electron chi connectivity index (χ1n) is 10.1. The van der Waals surface area contributed by atoms with Gasteiger partial charge in [-0.25, -0.2) is 13.2 Å². The molecule has 1 aromatic carbocycles. The number of halogens is 3. The van der Waals surface area contributed by atoms with Gasteiger partial charge >= 0.3 is 11.8 Å². The first-order chi connectivity index (χ1) is 14.7. The molecule has 2 aliphatic rings. The molecule has 1 fully saturated rings. The van der Waals surface area contributed by atoms with E-state index in [4.69, 9.17) is 0 Å². The molecular formula is C21H23F3N4O3. The maximum absolute atomic E-state index is 13.4. The van der Waals surface area contributed by atoms with Gasteiger partial charge in [0, 0.05) is 24.9 Å². The van der Waals surface area contributed by atoms with E-state index in [2.05, 4.69) is 15.5 Å². The molecule has 2 heterocycles. The lowest BCUT2D eigenvalue weighted by molar-refractivity contribution is -0.147. The SMILES string of the molecule is CC[C@@H](NC(=O)C(=O)N1CC[C@H](C(=O)Cc2cc(F)c(F)c(F)c2)[C@@H]1C)C1=CCN=N1. The van der Waals surface area contributed by atoms with Crippen LogP contribution in [-0.4, -0.2) is 47.7 Å². The minimum Gasteiger partial charge on any atom is -0.339 e. The summed E-state index contributed by atoms with van der Waals surface area (Å²) in [6, 6.07) is 0.575. The molecule has 0 aliphatic carbocycles. The Morgan fingerprint density at radius 3 is 2.48 bits per heavy atom. The van der Waals surface area contributed by atoms with E-state index in [9.17, 15) is 27.6 Å². The van der Waals surface area contributed by atoms with Crippen LogP contribution in [0.15, 0.2) is 34.1 Å². The molecule has 31 heavy (non-hydrogen) atoms. The molecule has 3 atom stereocenters. The Morgan fingerprint density at radius 1 is 1.23 bits per heavy atom. The smallest absolute Gasteiger partial charge is 0.312 e. The maximum Gasteiger partial charge on any atom is 0.312 e. The number of hydrogen-bond acceptors (Lipinski definition) is 5. The van der Waals surface area contributed by atoms with Crippen molar-refractivity contribution in [1.82, 2.24) is 10.2 Å². The van der Waals surface area contributed by atoms with Crippen molar-refractivity contribution in [3.8, 4) is 0 Å². The number of rotatable bonds is 6. The zero-order valence-corrected chi connectivity index (χ0v) is 17.2. The Morgan fingerprint density at radius 2 is 1.90 bits per heavy atom. The standard InChI is InChI=1S/C21H23F3N4O3/c1-3-16(17-4-6-25-27-17)26-20(30)21(31)28-7-5-13(11(28)2)18(29)10-12-8-14(22)19(24)15(23)9-12/h4,8-9,11,13,16H,3,5-7,10H2,1-2H3,(H,26,30)/t11-,13-,16+/m0/s1. The van der Waals surface area contributed by atoms with Gasteiger partial charge in [-0.2, -0.15) is 10.2 Å². The average Bonchev–Trinajstić information content (AvgIpc) is 3.39. The van der Waals surface area contributed by atoms with Crippen LogP contribution < -0.4 is 5.32 Å². The van der Waals surface area contributed by atoms with Gasteiger partial charge in [0.25, 0.3) is 0 Å². The number of carbonyl (C=O) groups excluding carboxylic acids is 3. The van der Waals surface area contributed by atoms with Gasteiger partial charge in [-0.15, -0.1) is 0 Å². The molecule has 0 bridgehead atoms. The summed E-state index contributed by atoms with van der Waals surface area (Å²) >= 11 is 0. The lowest BCUT2D eigenvalue weighted by atomic mass is 9.92. The minimum absolute atomic E-state index is 0.0147. The highest BCUT2D eigenvalue weighted by molar-refractivity contribution is 6.35. The summed E-state index contributed by atoms with van der Waals surface area (Å²) in [6.45, 7) is 4.13. The molecular weight excluding hydrogens is 413 g/mol. The van der Waals surface area contributed by atoms with Crippen molar-refractivity contribution in [3.63, 3.8) is 0 Å². The molecule has 1 saturated heterocycles. The number of ketones is 1. The largest absolute Gasteiger partial charge is 0.339 e. The second kappa shape index (κ2) is 9.40. The number of amides is 2. The third kappa shape index (κ3) is 4.83. The molecule has 2 aliphatic heterocycles. The second-order valence-corrected chi connectivity index (χ2v) is 7.64. The summed E-state index contributed by atoms with van der Waals surface area (Å²) in [5.74, 6) is -6.80. The zero-order chi connectivity index (χ0) is 22.7. The summed E-state index contributed by atoms with van der Waals surface area (Å²) in [4.78, 5) is 39.1. The third-order valence-corrected chi connectivity index (χ3v) is 5.68. The Kier molecular flexibility index (Phi) is 6.87. The number of likely N-dealkylation sites (tertiary alicyclic amines) is 1. The van der Waals surface area contributed by atoms with E-state index in [1.165, 1.54) is 4.90 Å². The van der Waals surface area contributed by atoms with Crippen LogP contribution in [0.3, 0.4) is 0 Å². The molecule has 166 valence electrons. The summed E-state index contributed by atoms with van der Waals surface area (Å²) in [5.41, 5.74) is 0.617. The van der Waals surface area contributed by atoms with Crippen molar-refractivity contribution in [3.05, 3.63) is 46.9 Å². The highest BCUT2D eigenvalue weighted by Crippen LogP contribution is 2.27. The quantitative estimate of drug-likeness (QED) is 0.549. The molecule has 1 N–H and O–H groups in total. The molecule has 3 rings (SSSR count). The van der Waals surface area contributed by atoms with Crippen LogP contribution in [0.25, 0.3) is 0 Å². The van der Waals surface area contributed by atoms with Crippen LogP contribution in [0.5, 0.6) is 0 Å². The third-order valence-electron chi connectivity index (χ3n) is 5.68. The molecule has 0 saturated carbocycles. The molecule has 2 amide bonds. The monoisotopic (exact) mass is 436 g/mol. The highest BCUT2D eigenvalue weighted by atomic mass is 19.2. The van der Waals surface area contributed by atoms with E-state index in [0.29, 0.717) is 25.1 Å². The summed E-state index contributed by atoms with van der Waals surface area (Å²) in [6.07, 6.45) is 2.33. The van der Waals surface area contributed by atoms with E-state index in [1.54, 1.807) is 13.0 Å². The van der Waals surface area contributed by atoms with Crippen molar-refractivity contribution < 1.29 is 27.6 Å². The molecule has 0 unspecified atom stereocenters. The van der Waals surface area contributed by atoms with Gasteiger partial charge in [-0.1, -0.05) is 6.92 Å². The van der Waals surface area contributed by atoms with Gasteiger partial charge < -0.3 is 10.2 Å². The van der Waals surface area contributed by atoms with E-state index < -0.39 is 47.3 Å². The predicted molar refractivity (Wildman–Crippen MR) is 104 cm³/mol. The first-order valence-corrected chi connectivity index (χ1v) is 10.1. The van der Waals surface area contributed by atoms with E-state index in [1.807, 2.05) is 6.92 Å². The lowest BCUT2D eigenvalue weighted by Gasteiger charge is -2.25. The van der Waals surface area contributed by atoms with Gasteiger partial charge in [0.2, 0.25) is 0 Å². The molecule has 7 nitrogen and oxygen atoms in total. The molecule has 0 radical (unpaired) electrons. The van der Waals surface area contributed by atoms with Crippen molar-refractivity contribution in [2.45, 2.75) is 45.2 Å². The first kappa shape index (κ1) is 22.6. The van der Waals surface area contributed by atoms with E-state index in [-0.39, 0.29) is 24.3 Å². The molecule has 0 spiro atoms. The minimum atomic E-state index is -1.59. The summed E-state index contributed by atoms with van der Waals surface area (Å²) < 4.78 is 39.9. The van der Waals surface area contributed by atoms with E-state index in [0.717, 1.165) is 12.1 Å². The van der Waals surface area contributed by atoms with Crippen LogP contribution in [0, 0.1) is 23.4 Å². The number of carbonyl (C=O) groups is 3. The maximum atomic E-state index is 13.4. The van der Waals surface area contributed by atoms with Crippen LogP contribution in [0.1, 0.15) is 32.3 Å². The number of benzene rings is 1. The Hall–Kier alpha value is -3.04. The fraction of sp³-hybridized carbons (Fsp3) is 0.476. The van der Waals surface area contributed by atoms with Crippen molar-refractivity contribution in [2.24, 2.45) is 16.1 Å². The van der Waals surface area contributed by atoms with Gasteiger partial charge in [0.1, 0.15) is 5.78 Å². The average molecular weight is 436 g/mol. The number of azo groups is 1. The molecule has 1 aromatic rings. The number of hydrogen-bond donors (Lipinski definition) is 1. The Bertz CT molecular complexity index is 940. The topological polar surface area (TPSA) is 91.2 Å². The predicted octanol–water partition coefficient (Wildman–Crippen LogP) is 2.70. The number of nitrogens with one attached hydrogen (secondary N) is 1. The fourth-order valence-electron chi connectivity index (χ4n) is 3.94. The van der Waals surface area contributed by atoms with Crippen LogP contribution in [-0.2, 0) is 20.8 Å². The Labute approximate surface area is 177 Å². The fourth-order valence-corrected chi connectivity index (χ4v) is 3.94. The van der Waals surface area contributed by atoms with Crippen molar-refractivity contribution in [1.29, 1.82) is 0 Å². The van der Waals surface area contributed by atoms with Crippen LogP contribution >= 0.6 is 0 Å². The van der Waals surface area contributed by atoms with Crippen molar-refractivity contribution in [2.75, 3.05) is 13.1 Å². The van der Waals surface area contributed by atoms with E-state index >= 15 is 0 Å². The number of nitrogens with zero attached hydrogens (tertiary/aromatic N) is 3. The summed E-state index contributed by atoms with van der Waals surface area (Å²) in [7, 11) is 0. The molecule has 10 heteroatoms. The highest BCUT2D eigenvalue weighted by Gasteiger charge is 2.40. The van der Waals surface area contributed by atoms with Gasteiger partial charge in [0.15, 0.2) is 17.5 Å². The number of Topliss-reactive ketones (excluding diaryl/α,β-unsaturated/α-hetero) is 1. The van der Waals surface area contributed by atoms with Gasteiger partial charge in [-0.3, -0.25) is 14.4 Å². The van der Waals surface area contributed by atoms with Crippen molar-refractivity contribution >= 4 is 17.6 Å². The van der Waals surface area contributed by atoms with Crippen LogP contribution in [0.4, 0.5) is 13.2 Å². The molecule has 0 aromatic heterocycles. The van der Waals surface area contributed by atoms with Crippen LogP contribution in [0.2, 0.25) is 0 Å². The Balaban J connectivity index is 1.62. The zero-order valence-electron chi connectivity index (χ0n) is 17.2.